The molecule has 0 aliphatic rings. The standard InChI is InChI=1S/C13H16ClN3O2/c1-3-16(6-7-18)13(19)12-9(2)15-11-5-4-10(14)8-17(11)12/h4-5,8,18H,3,6-7H2,1-2H3. The fourth-order valence-electron chi connectivity index (χ4n) is 2.07. The number of nitrogens with zero attached hydrogens (tertiary/aromatic N) is 3. The molecule has 2 aromatic rings. The minimum Gasteiger partial charge on any atom is -0.395 e. The fraction of sp³-hybridized carbons (Fsp3) is 0.385. The van der Waals surface area contributed by atoms with Crippen LogP contribution in [0.15, 0.2) is 18.3 Å². The van der Waals surface area contributed by atoms with Crippen molar-refractivity contribution in [2.75, 3.05) is 19.7 Å². The van der Waals surface area contributed by atoms with Crippen LogP contribution in [0.4, 0.5) is 0 Å². The molecule has 0 aliphatic heterocycles. The van der Waals surface area contributed by atoms with E-state index >= 15 is 0 Å². The highest BCUT2D eigenvalue weighted by molar-refractivity contribution is 6.30. The number of hydrogen-bond acceptors (Lipinski definition) is 3. The van der Waals surface area contributed by atoms with Crippen molar-refractivity contribution in [3.05, 3.63) is 34.7 Å². The van der Waals surface area contributed by atoms with Crippen LogP contribution < -0.4 is 0 Å². The summed E-state index contributed by atoms with van der Waals surface area (Å²) in [4.78, 5) is 18.4. The van der Waals surface area contributed by atoms with Crippen LogP contribution in [0.1, 0.15) is 23.1 Å². The summed E-state index contributed by atoms with van der Waals surface area (Å²) in [5, 5.41) is 9.55. The number of aromatic nitrogens is 2. The van der Waals surface area contributed by atoms with Gasteiger partial charge in [-0.2, -0.15) is 0 Å². The Bertz CT molecular complexity index is 609. The molecule has 6 heteroatoms. The van der Waals surface area contributed by atoms with E-state index in [9.17, 15) is 4.79 Å². The topological polar surface area (TPSA) is 57.8 Å². The summed E-state index contributed by atoms with van der Waals surface area (Å²) in [5.41, 5.74) is 1.83. The molecule has 1 amide bonds. The average Bonchev–Trinajstić information content (AvgIpc) is 2.70. The summed E-state index contributed by atoms with van der Waals surface area (Å²) in [6, 6.07) is 3.51. The zero-order chi connectivity index (χ0) is 14.0. The van der Waals surface area contributed by atoms with Gasteiger partial charge in [0.05, 0.1) is 17.3 Å². The number of halogens is 1. The average molecular weight is 282 g/mol. The molecule has 0 saturated heterocycles. The van der Waals surface area contributed by atoms with Crippen LogP contribution in [-0.4, -0.2) is 45.0 Å². The Morgan fingerprint density at radius 3 is 2.89 bits per heavy atom. The maximum absolute atomic E-state index is 12.5. The number of carbonyl (C=O) groups excluding carboxylic acids is 1. The van der Waals surface area contributed by atoms with Crippen molar-refractivity contribution < 1.29 is 9.90 Å². The van der Waals surface area contributed by atoms with Gasteiger partial charge in [0.15, 0.2) is 0 Å². The number of amides is 1. The molecule has 0 bridgehead atoms. The van der Waals surface area contributed by atoms with Gasteiger partial charge < -0.3 is 10.0 Å². The third-order valence-electron chi connectivity index (χ3n) is 3.00. The van der Waals surface area contributed by atoms with Crippen LogP contribution in [0.25, 0.3) is 5.65 Å². The number of aliphatic hydroxyl groups is 1. The van der Waals surface area contributed by atoms with Gasteiger partial charge in [-0.15, -0.1) is 0 Å². The van der Waals surface area contributed by atoms with Crippen LogP contribution in [0, 0.1) is 6.92 Å². The summed E-state index contributed by atoms with van der Waals surface area (Å²) >= 11 is 5.97. The number of aryl methyl sites for hydroxylation is 1. The van der Waals surface area contributed by atoms with E-state index in [2.05, 4.69) is 4.98 Å². The molecule has 5 nitrogen and oxygen atoms in total. The van der Waals surface area contributed by atoms with E-state index in [4.69, 9.17) is 16.7 Å². The molecule has 1 N–H and O–H groups in total. The lowest BCUT2D eigenvalue weighted by molar-refractivity contribution is 0.0724. The summed E-state index contributed by atoms with van der Waals surface area (Å²) in [6.45, 7) is 4.45. The van der Waals surface area contributed by atoms with Gasteiger partial charge in [0.25, 0.3) is 5.91 Å². The molecule has 0 atom stereocenters. The number of likely N-dealkylation sites (N-methyl/N-ethyl adjacent to an activating group) is 1. The molecular formula is C13H16ClN3O2. The quantitative estimate of drug-likeness (QED) is 0.929. The minimum atomic E-state index is -0.149. The van der Waals surface area contributed by atoms with E-state index in [-0.39, 0.29) is 12.5 Å². The highest BCUT2D eigenvalue weighted by Crippen LogP contribution is 2.17. The first-order chi connectivity index (χ1) is 9.08. The van der Waals surface area contributed by atoms with Gasteiger partial charge in [0.1, 0.15) is 11.3 Å². The van der Waals surface area contributed by atoms with Gasteiger partial charge in [-0.05, 0) is 26.0 Å². The Morgan fingerprint density at radius 1 is 1.53 bits per heavy atom. The van der Waals surface area contributed by atoms with Crippen molar-refractivity contribution in [3.63, 3.8) is 0 Å². The first kappa shape index (κ1) is 13.8. The monoisotopic (exact) mass is 281 g/mol. The molecule has 0 unspecified atom stereocenters. The van der Waals surface area contributed by atoms with Gasteiger partial charge in [-0.1, -0.05) is 11.6 Å². The van der Waals surface area contributed by atoms with E-state index in [1.54, 1.807) is 34.6 Å². The SMILES string of the molecule is CCN(CCO)C(=O)c1c(C)nc2ccc(Cl)cn12. The molecular weight excluding hydrogens is 266 g/mol. The predicted octanol–water partition coefficient (Wildman–Crippen LogP) is 1.75. The van der Waals surface area contributed by atoms with E-state index in [0.717, 1.165) is 0 Å². The molecule has 0 fully saturated rings. The van der Waals surface area contributed by atoms with Crippen molar-refractivity contribution in [1.29, 1.82) is 0 Å². The lowest BCUT2D eigenvalue weighted by Gasteiger charge is -2.19. The van der Waals surface area contributed by atoms with Crippen LogP contribution in [0.3, 0.4) is 0 Å². The maximum Gasteiger partial charge on any atom is 0.272 e. The van der Waals surface area contributed by atoms with Gasteiger partial charge in [-0.25, -0.2) is 4.98 Å². The number of imidazole rings is 1. The predicted molar refractivity (Wildman–Crippen MR) is 73.6 cm³/mol. The van der Waals surface area contributed by atoms with Crippen LogP contribution in [0.5, 0.6) is 0 Å². The minimum absolute atomic E-state index is 0.0594. The molecule has 0 aromatic carbocycles. The third-order valence-corrected chi connectivity index (χ3v) is 3.22. The molecule has 2 heterocycles. The van der Waals surface area contributed by atoms with Crippen molar-refractivity contribution >= 4 is 23.2 Å². The Kier molecular flexibility index (Phi) is 4.07. The number of aliphatic hydroxyl groups excluding tert-OH is 1. The number of carbonyl (C=O) groups is 1. The summed E-state index contributed by atoms with van der Waals surface area (Å²) in [6.07, 6.45) is 1.68. The van der Waals surface area contributed by atoms with Gasteiger partial charge in [-0.3, -0.25) is 9.20 Å². The Hall–Kier alpha value is -1.59. The van der Waals surface area contributed by atoms with E-state index in [1.807, 2.05) is 6.92 Å². The zero-order valence-electron chi connectivity index (χ0n) is 10.9. The van der Waals surface area contributed by atoms with Gasteiger partial charge >= 0.3 is 0 Å². The zero-order valence-corrected chi connectivity index (χ0v) is 11.7. The molecule has 0 radical (unpaired) electrons. The van der Waals surface area contributed by atoms with Crippen molar-refractivity contribution in [1.82, 2.24) is 14.3 Å². The number of fused-ring (bicyclic) bond motifs is 1. The van der Waals surface area contributed by atoms with Gasteiger partial charge in [0.2, 0.25) is 0 Å². The van der Waals surface area contributed by atoms with Crippen LogP contribution >= 0.6 is 11.6 Å². The molecule has 2 rings (SSSR count). The Labute approximate surface area is 116 Å². The van der Waals surface area contributed by atoms with Crippen molar-refractivity contribution in [2.45, 2.75) is 13.8 Å². The first-order valence-electron chi connectivity index (χ1n) is 6.12. The molecule has 0 saturated carbocycles. The lowest BCUT2D eigenvalue weighted by Crippen LogP contribution is -2.34. The number of hydrogen-bond donors (Lipinski definition) is 1. The second-order valence-electron chi connectivity index (χ2n) is 4.23. The molecule has 0 spiro atoms. The normalized spacial score (nSPS) is 10.9. The van der Waals surface area contributed by atoms with E-state index in [0.29, 0.717) is 35.1 Å². The van der Waals surface area contributed by atoms with E-state index < -0.39 is 0 Å². The Balaban J connectivity index is 2.51. The van der Waals surface area contributed by atoms with Crippen molar-refractivity contribution in [2.24, 2.45) is 0 Å². The molecule has 0 aliphatic carbocycles. The first-order valence-corrected chi connectivity index (χ1v) is 6.50. The van der Waals surface area contributed by atoms with Crippen LogP contribution in [0.2, 0.25) is 5.02 Å². The number of pyridine rings is 1. The van der Waals surface area contributed by atoms with Crippen LogP contribution in [-0.2, 0) is 0 Å². The second kappa shape index (κ2) is 5.59. The van der Waals surface area contributed by atoms with Crippen molar-refractivity contribution in [3.8, 4) is 0 Å². The summed E-state index contributed by atoms with van der Waals surface area (Å²) in [7, 11) is 0. The van der Waals surface area contributed by atoms with Gasteiger partial charge in [0, 0.05) is 19.3 Å². The van der Waals surface area contributed by atoms with E-state index in [1.165, 1.54) is 0 Å². The second-order valence-corrected chi connectivity index (χ2v) is 4.67. The lowest BCUT2D eigenvalue weighted by atomic mass is 10.3. The molecule has 2 aromatic heterocycles. The number of rotatable bonds is 4. The largest absolute Gasteiger partial charge is 0.395 e. The summed E-state index contributed by atoms with van der Waals surface area (Å²) < 4.78 is 1.69. The smallest absolute Gasteiger partial charge is 0.272 e. The maximum atomic E-state index is 12.5. The summed E-state index contributed by atoms with van der Waals surface area (Å²) in [5.74, 6) is -0.149. The Morgan fingerprint density at radius 2 is 2.26 bits per heavy atom. The molecule has 19 heavy (non-hydrogen) atoms. The molecule has 102 valence electrons. The highest BCUT2D eigenvalue weighted by atomic mass is 35.5. The highest BCUT2D eigenvalue weighted by Gasteiger charge is 2.21. The fourth-order valence-corrected chi connectivity index (χ4v) is 2.23. The third kappa shape index (κ3) is 2.57.